The van der Waals surface area contributed by atoms with Crippen molar-refractivity contribution in [3.63, 3.8) is 0 Å². The molecule has 3 rings (SSSR count). The van der Waals surface area contributed by atoms with E-state index in [1.54, 1.807) is 13.0 Å². The average molecular weight is 411 g/mol. The van der Waals surface area contributed by atoms with Gasteiger partial charge in [0.05, 0.1) is 17.4 Å². The summed E-state index contributed by atoms with van der Waals surface area (Å²) in [4.78, 5) is 16.6. The van der Waals surface area contributed by atoms with Crippen LogP contribution >= 0.6 is 0 Å². The van der Waals surface area contributed by atoms with Crippen molar-refractivity contribution < 1.29 is 22.5 Å². The highest BCUT2D eigenvalue weighted by atomic mass is 32.2. The van der Waals surface area contributed by atoms with E-state index in [1.807, 2.05) is 30.3 Å². The molecule has 0 spiro atoms. The molecule has 0 radical (unpaired) electrons. The Bertz CT molecular complexity index is 1130. The van der Waals surface area contributed by atoms with Crippen LogP contribution in [0.25, 0.3) is 11.4 Å². The molecule has 0 aliphatic rings. The lowest BCUT2D eigenvalue weighted by atomic mass is 10.1. The van der Waals surface area contributed by atoms with Gasteiger partial charge in [0.15, 0.2) is 15.9 Å². The number of sulfone groups is 1. The molecular formula is C20H17N3O5S. The van der Waals surface area contributed by atoms with Gasteiger partial charge in [0.1, 0.15) is 5.75 Å². The zero-order chi connectivity index (χ0) is 20.9. The highest BCUT2D eigenvalue weighted by Crippen LogP contribution is 2.21. The van der Waals surface area contributed by atoms with Crippen LogP contribution in [0, 0.1) is 11.3 Å². The van der Waals surface area contributed by atoms with Gasteiger partial charge in [-0.1, -0.05) is 47.6 Å². The van der Waals surface area contributed by atoms with Gasteiger partial charge in [0.25, 0.3) is 5.89 Å². The molecule has 0 saturated carbocycles. The Hall–Kier alpha value is -3.51. The molecule has 0 N–H and O–H groups in total. The summed E-state index contributed by atoms with van der Waals surface area (Å²) in [5.74, 6) is -0.869. The minimum absolute atomic E-state index is 0.163. The summed E-state index contributed by atoms with van der Waals surface area (Å²) in [5, 5.41) is 12.4. The first kappa shape index (κ1) is 20.2. The average Bonchev–Trinajstić information content (AvgIpc) is 3.19. The summed E-state index contributed by atoms with van der Waals surface area (Å²) in [5.41, 5.74) is 1.51. The van der Waals surface area contributed by atoms with Gasteiger partial charge in [0.2, 0.25) is 5.82 Å². The highest BCUT2D eigenvalue weighted by molar-refractivity contribution is 7.90. The molecule has 0 aliphatic carbocycles. The van der Waals surface area contributed by atoms with Gasteiger partial charge in [-0.2, -0.15) is 10.2 Å². The number of hydrogen-bond acceptors (Lipinski definition) is 8. The number of nitriles is 1. The molecule has 1 heterocycles. The SMILES string of the molecule is C[C@@H](OC(=O)c1ccc(CS(=O)(=O)CC#N)cc1)c1nc(-c2ccccc2)no1. The van der Waals surface area contributed by atoms with Gasteiger partial charge in [-0.25, -0.2) is 13.2 Å². The third kappa shape index (κ3) is 5.27. The quantitative estimate of drug-likeness (QED) is 0.543. The maximum atomic E-state index is 12.3. The molecule has 0 saturated heterocycles. The van der Waals surface area contributed by atoms with E-state index in [4.69, 9.17) is 14.5 Å². The summed E-state index contributed by atoms with van der Waals surface area (Å²) in [6.07, 6.45) is -0.761. The Morgan fingerprint density at radius 3 is 2.52 bits per heavy atom. The normalized spacial score (nSPS) is 12.1. The molecule has 0 amide bonds. The van der Waals surface area contributed by atoms with Gasteiger partial charge in [-0.15, -0.1) is 0 Å². The predicted molar refractivity (Wildman–Crippen MR) is 103 cm³/mol. The summed E-state index contributed by atoms with van der Waals surface area (Å²) in [6.45, 7) is 1.61. The van der Waals surface area contributed by atoms with Crippen molar-refractivity contribution in [1.82, 2.24) is 10.1 Å². The van der Waals surface area contributed by atoms with Crippen LogP contribution in [0.3, 0.4) is 0 Å². The number of esters is 1. The second-order valence-electron chi connectivity index (χ2n) is 6.26. The van der Waals surface area contributed by atoms with Crippen LogP contribution in [0.1, 0.15) is 34.8 Å². The molecule has 148 valence electrons. The van der Waals surface area contributed by atoms with E-state index < -0.39 is 27.7 Å². The third-order valence-corrected chi connectivity index (χ3v) is 5.31. The summed E-state index contributed by atoms with van der Waals surface area (Å²) in [6, 6.07) is 16.8. The van der Waals surface area contributed by atoms with Crippen LogP contribution in [-0.4, -0.2) is 30.3 Å². The number of carbonyl (C=O) groups excluding carboxylic acids is 1. The molecule has 1 atom stereocenters. The van der Waals surface area contributed by atoms with Crippen LogP contribution in [0.2, 0.25) is 0 Å². The van der Waals surface area contributed by atoms with Crippen molar-refractivity contribution in [2.24, 2.45) is 0 Å². The molecule has 3 aromatic rings. The van der Waals surface area contributed by atoms with Crippen LogP contribution < -0.4 is 0 Å². The summed E-state index contributed by atoms with van der Waals surface area (Å²) >= 11 is 0. The van der Waals surface area contributed by atoms with Crippen LogP contribution in [0.4, 0.5) is 0 Å². The van der Waals surface area contributed by atoms with E-state index in [1.165, 1.54) is 24.3 Å². The Morgan fingerprint density at radius 2 is 1.86 bits per heavy atom. The lowest BCUT2D eigenvalue weighted by molar-refractivity contribution is 0.0265. The number of rotatable bonds is 7. The van der Waals surface area contributed by atoms with Crippen molar-refractivity contribution in [3.05, 3.63) is 71.6 Å². The number of ether oxygens (including phenoxy) is 1. The van der Waals surface area contributed by atoms with Gasteiger partial charge in [-0.3, -0.25) is 0 Å². The highest BCUT2D eigenvalue weighted by Gasteiger charge is 2.20. The topological polar surface area (TPSA) is 123 Å². The van der Waals surface area contributed by atoms with E-state index >= 15 is 0 Å². The molecule has 0 unspecified atom stereocenters. The maximum Gasteiger partial charge on any atom is 0.338 e. The minimum atomic E-state index is -3.50. The first-order valence-electron chi connectivity index (χ1n) is 8.64. The number of carbonyl (C=O) groups is 1. The number of benzene rings is 2. The number of hydrogen-bond donors (Lipinski definition) is 0. The first-order valence-corrected chi connectivity index (χ1v) is 10.5. The lowest BCUT2D eigenvalue weighted by Gasteiger charge is -2.09. The molecular weight excluding hydrogens is 394 g/mol. The lowest BCUT2D eigenvalue weighted by Crippen LogP contribution is -2.10. The standard InChI is InChI=1S/C20H17N3O5S/c1-14(19-22-18(23-28-19)16-5-3-2-4-6-16)27-20(24)17-9-7-15(8-10-17)13-29(25,26)12-11-21/h2-10,14H,12-13H2,1H3/t14-/m1/s1. The Labute approximate surface area is 167 Å². The second kappa shape index (κ2) is 8.67. The van der Waals surface area contributed by atoms with Crippen molar-refractivity contribution in [2.75, 3.05) is 5.75 Å². The van der Waals surface area contributed by atoms with Crippen LogP contribution in [0.5, 0.6) is 0 Å². The zero-order valence-electron chi connectivity index (χ0n) is 15.5. The molecule has 29 heavy (non-hydrogen) atoms. The van der Waals surface area contributed by atoms with E-state index in [-0.39, 0.29) is 17.2 Å². The fraction of sp³-hybridized carbons (Fsp3) is 0.200. The molecule has 1 aromatic heterocycles. The van der Waals surface area contributed by atoms with Crippen molar-refractivity contribution in [3.8, 4) is 17.5 Å². The van der Waals surface area contributed by atoms with Crippen molar-refractivity contribution >= 4 is 15.8 Å². The van der Waals surface area contributed by atoms with Gasteiger partial charge in [-0.05, 0) is 24.6 Å². The molecule has 0 aliphatic heterocycles. The Balaban J connectivity index is 1.64. The predicted octanol–water partition coefficient (Wildman–Crippen LogP) is 3.09. The third-order valence-electron chi connectivity index (χ3n) is 3.97. The van der Waals surface area contributed by atoms with Gasteiger partial charge >= 0.3 is 5.97 Å². The Kier molecular flexibility index (Phi) is 6.04. The summed E-state index contributed by atoms with van der Waals surface area (Å²) in [7, 11) is -3.50. The Morgan fingerprint density at radius 1 is 1.17 bits per heavy atom. The van der Waals surface area contributed by atoms with E-state index in [9.17, 15) is 13.2 Å². The minimum Gasteiger partial charge on any atom is -0.449 e. The summed E-state index contributed by atoms with van der Waals surface area (Å²) < 4.78 is 33.9. The molecule has 8 nitrogen and oxygen atoms in total. The first-order chi connectivity index (χ1) is 13.9. The van der Waals surface area contributed by atoms with E-state index in [0.717, 1.165) is 5.56 Å². The number of nitrogens with zero attached hydrogens (tertiary/aromatic N) is 3. The molecule has 2 aromatic carbocycles. The maximum absolute atomic E-state index is 12.3. The molecule has 0 fully saturated rings. The largest absolute Gasteiger partial charge is 0.449 e. The smallest absolute Gasteiger partial charge is 0.338 e. The molecule has 9 heteroatoms. The van der Waals surface area contributed by atoms with Crippen LogP contribution in [0.15, 0.2) is 59.1 Å². The monoisotopic (exact) mass is 411 g/mol. The van der Waals surface area contributed by atoms with Gasteiger partial charge < -0.3 is 9.26 Å². The van der Waals surface area contributed by atoms with Crippen molar-refractivity contribution in [1.29, 1.82) is 5.26 Å². The van der Waals surface area contributed by atoms with E-state index in [2.05, 4.69) is 10.1 Å². The zero-order valence-corrected chi connectivity index (χ0v) is 16.3. The van der Waals surface area contributed by atoms with Crippen LogP contribution in [-0.2, 0) is 20.3 Å². The fourth-order valence-corrected chi connectivity index (χ4v) is 3.52. The number of aromatic nitrogens is 2. The molecule has 0 bridgehead atoms. The fourth-order valence-electron chi connectivity index (χ4n) is 2.52. The van der Waals surface area contributed by atoms with Gasteiger partial charge in [0, 0.05) is 5.56 Å². The van der Waals surface area contributed by atoms with Crippen molar-refractivity contribution in [2.45, 2.75) is 18.8 Å². The second-order valence-corrected chi connectivity index (χ2v) is 8.32. The van der Waals surface area contributed by atoms with E-state index in [0.29, 0.717) is 11.4 Å².